The summed E-state index contributed by atoms with van der Waals surface area (Å²) >= 11 is 0. The molecule has 0 fully saturated rings. The number of sulfone groups is 1. The fourth-order valence-corrected chi connectivity index (χ4v) is 1.76. The summed E-state index contributed by atoms with van der Waals surface area (Å²) in [5.74, 6) is -0.202. The van der Waals surface area contributed by atoms with Crippen LogP contribution in [0.4, 0.5) is 0 Å². The largest absolute Gasteiger partial charge is 0.341 e. The third-order valence-corrected chi connectivity index (χ3v) is 3.03. The van der Waals surface area contributed by atoms with Crippen molar-refractivity contribution in [2.45, 2.75) is 0 Å². The van der Waals surface area contributed by atoms with Gasteiger partial charge in [-0.2, -0.15) is 0 Å². The monoisotopic (exact) mass is 240 g/mol. The Kier molecular flexibility index (Phi) is 4.06. The third kappa shape index (κ3) is 4.02. The van der Waals surface area contributed by atoms with Crippen LogP contribution < -0.4 is 0 Å². The lowest BCUT2D eigenvalue weighted by atomic mass is 10.2. The molecule has 0 atom stereocenters. The molecule has 0 bridgehead atoms. The molecule has 16 heavy (non-hydrogen) atoms. The Labute approximate surface area is 95.8 Å². The first kappa shape index (κ1) is 12.7. The molecule has 0 saturated carbocycles. The summed E-state index contributed by atoms with van der Waals surface area (Å²) in [6.07, 6.45) is 1.16. The van der Waals surface area contributed by atoms with Gasteiger partial charge in [0.25, 0.3) is 5.91 Å². The van der Waals surface area contributed by atoms with Gasteiger partial charge in [0.2, 0.25) is 0 Å². The van der Waals surface area contributed by atoms with Gasteiger partial charge in [0, 0.05) is 25.4 Å². The zero-order valence-corrected chi connectivity index (χ0v) is 10.1. The molecule has 1 radical (unpaired) electrons. The minimum absolute atomic E-state index is 0.0196. The molecular weight excluding hydrogens is 226 g/mol. The molecule has 0 N–H and O–H groups in total. The molecule has 0 aliphatic heterocycles. The van der Waals surface area contributed by atoms with Gasteiger partial charge >= 0.3 is 0 Å². The molecule has 0 unspecified atom stereocenters. The van der Waals surface area contributed by atoms with Crippen molar-refractivity contribution in [1.82, 2.24) is 4.90 Å². The molecule has 1 rings (SSSR count). The molecule has 87 valence electrons. The predicted octanol–water partition coefficient (Wildman–Crippen LogP) is 0.603. The quantitative estimate of drug-likeness (QED) is 0.774. The first-order valence-corrected chi connectivity index (χ1v) is 6.85. The SMILES string of the molecule is CN(CCS(C)(=O)=O)C(=O)c1cc[c]cc1. The Morgan fingerprint density at radius 3 is 2.44 bits per heavy atom. The molecule has 1 amide bonds. The number of nitrogens with zero attached hydrogens (tertiary/aromatic N) is 1. The van der Waals surface area contributed by atoms with Crippen molar-refractivity contribution in [3.63, 3.8) is 0 Å². The van der Waals surface area contributed by atoms with Crippen molar-refractivity contribution >= 4 is 15.7 Å². The van der Waals surface area contributed by atoms with E-state index < -0.39 is 9.84 Å². The second-order valence-electron chi connectivity index (χ2n) is 3.65. The first-order valence-electron chi connectivity index (χ1n) is 4.79. The van der Waals surface area contributed by atoms with Crippen LogP contribution in [0.25, 0.3) is 0 Å². The summed E-state index contributed by atoms with van der Waals surface area (Å²) in [7, 11) is -1.45. The van der Waals surface area contributed by atoms with E-state index in [1.165, 1.54) is 4.90 Å². The van der Waals surface area contributed by atoms with Crippen molar-refractivity contribution in [2.24, 2.45) is 0 Å². The highest BCUT2D eigenvalue weighted by atomic mass is 32.2. The van der Waals surface area contributed by atoms with Crippen LogP contribution in [0.1, 0.15) is 10.4 Å². The molecule has 0 saturated heterocycles. The number of carbonyl (C=O) groups excluding carboxylic acids is 1. The summed E-state index contributed by atoms with van der Waals surface area (Å²) in [4.78, 5) is 13.2. The van der Waals surface area contributed by atoms with Gasteiger partial charge < -0.3 is 4.90 Å². The number of rotatable bonds is 4. The van der Waals surface area contributed by atoms with Crippen LogP contribution in [0.5, 0.6) is 0 Å². The fourth-order valence-electron chi connectivity index (χ4n) is 1.15. The van der Waals surface area contributed by atoms with E-state index in [1.54, 1.807) is 31.3 Å². The highest BCUT2D eigenvalue weighted by molar-refractivity contribution is 7.90. The standard InChI is InChI=1S/C11H14NO3S/c1-12(8-9-16(2,14)15)11(13)10-6-4-3-5-7-10/h4-7H,8-9H2,1-2H3. The summed E-state index contributed by atoms with van der Waals surface area (Å²) in [5.41, 5.74) is 0.537. The molecule has 0 spiro atoms. The van der Waals surface area contributed by atoms with Gasteiger partial charge in [-0.25, -0.2) is 8.42 Å². The van der Waals surface area contributed by atoms with E-state index in [2.05, 4.69) is 6.07 Å². The minimum Gasteiger partial charge on any atom is -0.341 e. The molecule has 5 heteroatoms. The smallest absolute Gasteiger partial charge is 0.253 e. The third-order valence-electron chi connectivity index (χ3n) is 2.11. The minimum atomic E-state index is -3.03. The normalized spacial score (nSPS) is 11.1. The second-order valence-corrected chi connectivity index (χ2v) is 5.91. The molecule has 0 heterocycles. The Hall–Kier alpha value is -1.36. The van der Waals surface area contributed by atoms with E-state index in [4.69, 9.17) is 0 Å². The Bertz CT molecular complexity index is 453. The molecular formula is C11H14NO3S. The molecule has 1 aromatic rings. The van der Waals surface area contributed by atoms with Crippen LogP contribution in [0.15, 0.2) is 24.3 Å². The second kappa shape index (κ2) is 5.12. The summed E-state index contributed by atoms with van der Waals surface area (Å²) in [6, 6.07) is 9.42. The topological polar surface area (TPSA) is 54.5 Å². The summed E-state index contributed by atoms with van der Waals surface area (Å²) < 4.78 is 21.9. The van der Waals surface area contributed by atoms with Gasteiger partial charge in [-0.15, -0.1) is 0 Å². The molecule has 0 aliphatic rings. The Morgan fingerprint density at radius 1 is 1.38 bits per heavy atom. The maximum absolute atomic E-state index is 11.8. The van der Waals surface area contributed by atoms with Crippen molar-refractivity contribution in [3.05, 3.63) is 35.9 Å². The number of hydrogen-bond acceptors (Lipinski definition) is 3. The molecule has 4 nitrogen and oxygen atoms in total. The molecule has 0 aromatic heterocycles. The van der Waals surface area contributed by atoms with Gasteiger partial charge in [0.15, 0.2) is 0 Å². The Morgan fingerprint density at radius 2 is 1.94 bits per heavy atom. The van der Waals surface area contributed by atoms with Crippen LogP contribution in [-0.2, 0) is 9.84 Å². The van der Waals surface area contributed by atoms with E-state index in [9.17, 15) is 13.2 Å². The van der Waals surface area contributed by atoms with Crippen LogP contribution in [0.2, 0.25) is 0 Å². The first-order chi connectivity index (χ1) is 7.40. The van der Waals surface area contributed by atoms with E-state index in [0.29, 0.717) is 5.56 Å². The average molecular weight is 240 g/mol. The van der Waals surface area contributed by atoms with Crippen LogP contribution in [-0.4, -0.2) is 44.8 Å². The van der Waals surface area contributed by atoms with Gasteiger partial charge in [0.1, 0.15) is 9.84 Å². The van der Waals surface area contributed by atoms with E-state index in [0.717, 1.165) is 6.26 Å². The lowest BCUT2D eigenvalue weighted by Gasteiger charge is -2.16. The van der Waals surface area contributed by atoms with Gasteiger partial charge in [-0.3, -0.25) is 4.79 Å². The Balaban J connectivity index is 2.62. The maximum Gasteiger partial charge on any atom is 0.253 e. The van der Waals surface area contributed by atoms with Crippen molar-refractivity contribution in [1.29, 1.82) is 0 Å². The van der Waals surface area contributed by atoms with E-state index in [-0.39, 0.29) is 18.2 Å². The van der Waals surface area contributed by atoms with Crippen LogP contribution in [0.3, 0.4) is 0 Å². The molecule has 1 aromatic carbocycles. The van der Waals surface area contributed by atoms with Gasteiger partial charge in [-0.05, 0) is 18.2 Å². The van der Waals surface area contributed by atoms with Gasteiger partial charge in [0.05, 0.1) is 5.75 Å². The number of amides is 1. The number of hydrogen-bond donors (Lipinski definition) is 0. The number of benzene rings is 1. The van der Waals surface area contributed by atoms with Crippen molar-refractivity contribution in [3.8, 4) is 0 Å². The zero-order chi connectivity index (χ0) is 12.2. The van der Waals surface area contributed by atoms with Crippen LogP contribution >= 0.6 is 0 Å². The van der Waals surface area contributed by atoms with Crippen molar-refractivity contribution in [2.75, 3.05) is 25.6 Å². The fraction of sp³-hybridized carbons (Fsp3) is 0.364. The van der Waals surface area contributed by atoms with E-state index >= 15 is 0 Å². The highest BCUT2D eigenvalue weighted by Gasteiger charge is 2.12. The summed E-state index contributed by atoms with van der Waals surface area (Å²) in [6.45, 7) is 0.205. The van der Waals surface area contributed by atoms with Crippen molar-refractivity contribution < 1.29 is 13.2 Å². The van der Waals surface area contributed by atoms with Gasteiger partial charge in [-0.1, -0.05) is 12.1 Å². The van der Waals surface area contributed by atoms with Crippen LogP contribution in [0, 0.1) is 6.07 Å². The average Bonchev–Trinajstić information content (AvgIpc) is 2.25. The lowest BCUT2D eigenvalue weighted by Crippen LogP contribution is -2.31. The summed E-state index contributed by atoms with van der Waals surface area (Å²) in [5, 5.41) is 0. The predicted molar refractivity (Wildman–Crippen MR) is 61.9 cm³/mol. The van der Waals surface area contributed by atoms with E-state index in [1.807, 2.05) is 0 Å². The highest BCUT2D eigenvalue weighted by Crippen LogP contribution is 2.02. The number of carbonyl (C=O) groups is 1. The molecule has 0 aliphatic carbocycles. The zero-order valence-electron chi connectivity index (χ0n) is 9.30. The lowest BCUT2D eigenvalue weighted by molar-refractivity contribution is 0.0803. The maximum atomic E-state index is 11.8.